The van der Waals surface area contributed by atoms with Crippen LogP contribution in [-0.2, 0) is 4.74 Å². The van der Waals surface area contributed by atoms with Gasteiger partial charge in [0.05, 0.1) is 23.9 Å². The fraction of sp³-hybridized carbons (Fsp3) is 0.400. The summed E-state index contributed by atoms with van der Waals surface area (Å²) in [7, 11) is 0. The van der Waals surface area contributed by atoms with Gasteiger partial charge in [0.25, 0.3) is 0 Å². The molecule has 2 atom stereocenters. The highest BCUT2D eigenvalue weighted by Crippen LogP contribution is 2.28. The first-order valence-corrected chi connectivity index (χ1v) is 6.45. The molecule has 3 nitrogen and oxygen atoms in total. The summed E-state index contributed by atoms with van der Waals surface area (Å²) in [5, 5.41) is 1.20. The lowest BCUT2D eigenvalue weighted by Crippen LogP contribution is -2.22. The first-order chi connectivity index (χ1) is 8.75. The molecule has 94 valence electrons. The van der Waals surface area contributed by atoms with E-state index in [0.29, 0.717) is 5.92 Å². The minimum Gasteiger partial charge on any atom is -0.381 e. The number of benzene rings is 1. The highest BCUT2D eigenvalue weighted by atomic mass is 16.5. The Bertz CT molecular complexity index is 561. The predicted molar refractivity (Wildman–Crippen MR) is 72.3 cm³/mol. The molecule has 0 spiro atoms. The van der Waals surface area contributed by atoms with Gasteiger partial charge in [-0.15, -0.1) is 0 Å². The summed E-state index contributed by atoms with van der Waals surface area (Å²) >= 11 is 0. The zero-order valence-electron chi connectivity index (χ0n) is 10.6. The van der Waals surface area contributed by atoms with Crippen molar-refractivity contribution in [3.05, 3.63) is 41.6 Å². The topological polar surface area (TPSA) is 48.1 Å². The summed E-state index contributed by atoms with van der Waals surface area (Å²) in [5.41, 5.74) is 9.58. The molecule has 1 aromatic heterocycles. The van der Waals surface area contributed by atoms with Gasteiger partial charge >= 0.3 is 0 Å². The van der Waals surface area contributed by atoms with Crippen molar-refractivity contribution in [3.8, 4) is 0 Å². The molecular formula is C15H18N2O. The van der Waals surface area contributed by atoms with Gasteiger partial charge in [-0.1, -0.05) is 18.2 Å². The second-order valence-electron chi connectivity index (χ2n) is 5.03. The molecule has 3 rings (SSSR count). The number of ether oxygens (including phenoxy) is 1. The number of aryl methyl sites for hydroxylation is 1. The maximum atomic E-state index is 6.32. The van der Waals surface area contributed by atoms with Crippen LogP contribution >= 0.6 is 0 Å². The Kier molecular flexibility index (Phi) is 3.02. The molecule has 3 heteroatoms. The van der Waals surface area contributed by atoms with E-state index in [0.717, 1.165) is 30.8 Å². The maximum Gasteiger partial charge on any atom is 0.0708 e. The molecule has 1 aliphatic rings. The second kappa shape index (κ2) is 4.67. The second-order valence-corrected chi connectivity index (χ2v) is 5.03. The van der Waals surface area contributed by atoms with Crippen LogP contribution in [0.2, 0.25) is 0 Å². The van der Waals surface area contributed by atoms with Gasteiger partial charge < -0.3 is 10.5 Å². The summed E-state index contributed by atoms with van der Waals surface area (Å²) in [6.45, 7) is 3.70. The van der Waals surface area contributed by atoms with Crippen molar-refractivity contribution in [1.29, 1.82) is 0 Å². The number of aromatic nitrogens is 1. The largest absolute Gasteiger partial charge is 0.381 e. The SMILES string of the molecule is Cc1cc(C(N)C2CCOC2)nc2ccccc12. The van der Waals surface area contributed by atoms with Gasteiger partial charge in [0.1, 0.15) is 0 Å². The Balaban J connectivity index is 2.01. The standard InChI is InChI=1S/C15H18N2O/c1-10-8-14(15(16)11-6-7-18-9-11)17-13-5-3-2-4-12(10)13/h2-5,8,11,15H,6-7,9,16H2,1H3. The smallest absolute Gasteiger partial charge is 0.0708 e. The molecule has 2 heterocycles. The fourth-order valence-electron chi connectivity index (χ4n) is 2.62. The highest BCUT2D eigenvalue weighted by Gasteiger charge is 2.25. The number of nitrogens with two attached hydrogens (primary N) is 1. The van der Waals surface area contributed by atoms with Crippen molar-refractivity contribution in [3.63, 3.8) is 0 Å². The van der Waals surface area contributed by atoms with Crippen LogP contribution < -0.4 is 5.73 Å². The summed E-state index contributed by atoms with van der Waals surface area (Å²) in [5.74, 6) is 0.401. The van der Waals surface area contributed by atoms with Crippen LogP contribution in [0, 0.1) is 12.8 Å². The van der Waals surface area contributed by atoms with E-state index in [9.17, 15) is 0 Å². The Morgan fingerprint density at radius 3 is 3.00 bits per heavy atom. The van der Waals surface area contributed by atoms with Gasteiger partial charge in [-0.05, 0) is 31.0 Å². The molecule has 2 unspecified atom stereocenters. The van der Waals surface area contributed by atoms with E-state index in [2.05, 4.69) is 19.1 Å². The summed E-state index contributed by atoms with van der Waals surface area (Å²) < 4.78 is 5.41. The first-order valence-electron chi connectivity index (χ1n) is 6.45. The molecule has 0 bridgehead atoms. The zero-order chi connectivity index (χ0) is 12.5. The molecule has 1 saturated heterocycles. The molecule has 0 radical (unpaired) electrons. The Morgan fingerprint density at radius 1 is 1.39 bits per heavy atom. The van der Waals surface area contributed by atoms with E-state index in [1.54, 1.807) is 0 Å². The summed E-state index contributed by atoms with van der Waals surface area (Å²) in [6, 6.07) is 10.3. The quantitative estimate of drug-likeness (QED) is 0.880. The van der Waals surface area contributed by atoms with Crippen molar-refractivity contribution >= 4 is 10.9 Å². The number of hydrogen-bond acceptors (Lipinski definition) is 3. The molecule has 18 heavy (non-hydrogen) atoms. The molecule has 1 aliphatic heterocycles. The minimum atomic E-state index is -0.0178. The van der Waals surface area contributed by atoms with E-state index < -0.39 is 0 Å². The van der Waals surface area contributed by atoms with Crippen LogP contribution in [0.4, 0.5) is 0 Å². The van der Waals surface area contributed by atoms with Crippen molar-refractivity contribution in [2.75, 3.05) is 13.2 Å². The summed E-state index contributed by atoms with van der Waals surface area (Å²) in [4.78, 5) is 4.70. The van der Waals surface area contributed by atoms with Gasteiger partial charge in [-0.2, -0.15) is 0 Å². The van der Waals surface area contributed by atoms with Gasteiger partial charge in [0.15, 0.2) is 0 Å². The average molecular weight is 242 g/mol. The molecule has 0 amide bonds. The van der Waals surface area contributed by atoms with Crippen molar-refractivity contribution < 1.29 is 4.74 Å². The lowest BCUT2D eigenvalue weighted by molar-refractivity contribution is 0.180. The Labute approximate surface area is 107 Å². The van der Waals surface area contributed by atoms with Crippen LogP contribution in [0.1, 0.15) is 23.7 Å². The lowest BCUT2D eigenvalue weighted by atomic mass is 9.95. The third kappa shape index (κ3) is 2.00. The molecule has 1 aromatic carbocycles. The number of rotatable bonds is 2. The third-order valence-corrected chi connectivity index (χ3v) is 3.76. The van der Waals surface area contributed by atoms with E-state index in [4.69, 9.17) is 15.5 Å². The maximum absolute atomic E-state index is 6.32. The molecular weight excluding hydrogens is 224 g/mol. The minimum absolute atomic E-state index is 0.0178. The van der Waals surface area contributed by atoms with Crippen LogP contribution in [0.25, 0.3) is 10.9 Å². The van der Waals surface area contributed by atoms with Gasteiger partial charge in [0.2, 0.25) is 0 Å². The molecule has 1 fully saturated rings. The van der Waals surface area contributed by atoms with Crippen LogP contribution in [0.15, 0.2) is 30.3 Å². The molecule has 0 aliphatic carbocycles. The van der Waals surface area contributed by atoms with E-state index in [1.165, 1.54) is 10.9 Å². The van der Waals surface area contributed by atoms with Gasteiger partial charge in [0, 0.05) is 17.9 Å². The molecule has 2 N–H and O–H groups in total. The van der Waals surface area contributed by atoms with Crippen LogP contribution in [0.5, 0.6) is 0 Å². The average Bonchev–Trinajstić information content (AvgIpc) is 2.91. The van der Waals surface area contributed by atoms with Crippen molar-refractivity contribution in [1.82, 2.24) is 4.98 Å². The summed E-state index contributed by atoms with van der Waals surface area (Å²) in [6.07, 6.45) is 1.04. The third-order valence-electron chi connectivity index (χ3n) is 3.76. The zero-order valence-corrected chi connectivity index (χ0v) is 10.6. The number of hydrogen-bond donors (Lipinski definition) is 1. The first kappa shape index (κ1) is 11.6. The van der Waals surface area contributed by atoms with Crippen LogP contribution in [0.3, 0.4) is 0 Å². The molecule has 2 aromatic rings. The van der Waals surface area contributed by atoms with E-state index in [1.807, 2.05) is 18.2 Å². The number of nitrogens with zero attached hydrogens (tertiary/aromatic N) is 1. The van der Waals surface area contributed by atoms with Crippen molar-refractivity contribution in [2.45, 2.75) is 19.4 Å². The van der Waals surface area contributed by atoms with E-state index in [-0.39, 0.29) is 6.04 Å². The number of fused-ring (bicyclic) bond motifs is 1. The number of pyridine rings is 1. The Morgan fingerprint density at radius 2 is 2.22 bits per heavy atom. The van der Waals surface area contributed by atoms with E-state index >= 15 is 0 Å². The van der Waals surface area contributed by atoms with Crippen molar-refractivity contribution in [2.24, 2.45) is 11.7 Å². The van der Waals surface area contributed by atoms with Gasteiger partial charge in [-0.25, -0.2) is 0 Å². The highest BCUT2D eigenvalue weighted by molar-refractivity contribution is 5.82. The molecule has 0 saturated carbocycles. The Hall–Kier alpha value is -1.45. The number of para-hydroxylation sites is 1. The fourth-order valence-corrected chi connectivity index (χ4v) is 2.62. The monoisotopic (exact) mass is 242 g/mol. The lowest BCUT2D eigenvalue weighted by Gasteiger charge is -2.18. The predicted octanol–water partition coefficient (Wildman–Crippen LogP) is 2.58. The van der Waals surface area contributed by atoms with Gasteiger partial charge in [-0.3, -0.25) is 4.98 Å². The normalized spacial score (nSPS) is 21.3. The van der Waals surface area contributed by atoms with Crippen LogP contribution in [-0.4, -0.2) is 18.2 Å².